The Morgan fingerprint density at radius 3 is 2.50 bits per heavy atom. The van der Waals surface area contributed by atoms with Crippen LogP contribution in [0.5, 0.6) is 0 Å². The standard InChI is InChI=1S/C15H24N2O2S/c1-12-9-13(10-16)5-6-14(12)20(18,19)17-11-15(2)7-3-4-8-15/h5-6,9,17H,3-4,7-8,10-11,16H2,1-2H3. The highest BCUT2D eigenvalue weighted by molar-refractivity contribution is 7.89. The molecule has 0 saturated heterocycles. The summed E-state index contributed by atoms with van der Waals surface area (Å²) in [6.45, 7) is 4.91. The summed E-state index contributed by atoms with van der Waals surface area (Å²) in [6, 6.07) is 5.27. The summed E-state index contributed by atoms with van der Waals surface area (Å²) in [5.74, 6) is 0. The van der Waals surface area contributed by atoms with Gasteiger partial charge in [-0.05, 0) is 42.4 Å². The zero-order valence-electron chi connectivity index (χ0n) is 12.3. The fraction of sp³-hybridized carbons (Fsp3) is 0.600. The molecule has 0 unspecified atom stereocenters. The minimum Gasteiger partial charge on any atom is -0.326 e. The van der Waals surface area contributed by atoms with Crippen molar-refractivity contribution in [1.82, 2.24) is 4.72 Å². The second-order valence-electron chi connectivity index (χ2n) is 6.15. The lowest BCUT2D eigenvalue weighted by molar-refractivity contribution is 0.336. The van der Waals surface area contributed by atoms with Crippen LogP contribution in [0, 0.1) is 12.3 Å². The van der Waals surface area contributed by atoms with Gasteiger partial charge in [0.2, 0.25) is 10.0 Å². The summed E-state index contributed by atoms with van der Waals surface area (Å²) in [4.78, 5) is 0.358. The largest absolute Gasteiger partial charge is 0.326 e. The van der Waals surface area contributed by atoms with Gasteiger partial charge in [-0.25, -0.2) is 13.1 Å². The van der Waals surface area contributed by atoms with Gasteiger partial charge in [0.1, 0.15) is 0 Å². The predicted molar refractivity (Wildman–Crippen MR) is 80.8 cm³/mol. The van der Waals surface area contributed by atoms with Crippen LogP contribution in [0.2, 0.25) is 0 Å². The summed E-state index contributed by atoms with van der Waals surface area (Å²) in [5, 5.41) is 0. The Balaban J connectivity index is 2.14. The molecule has 1 aromatic carbocycles. The molecule has 2 rings (SSSR count). The molecule has 0 amide bonds. The smallest absolute Gasteiger partial charge is 0.240 e. The molecule has 0 heterocycles. The van der Waals surface area contributed by atoms with Gasteiger partial charge >= 0.3 is 0 Å². The van der Waals surface area contributed by atoms with Crippen LogP contribution in [-0.4, -0.2) is 15.0 Å². The van der Waals surface area contributed by atoms with E-state index < -0.39 is 10.0 Å². The minimum atomic E-state index is -3.43. The second-order valence-corrected chi connectivity index (χ2v) is 7.88. The number of sulfonamides is 1. The molecule has 112 valence electrons. The van der Waals surface area contributed by atoms with Crippen molar-refractivity contribution in [2.75, 3.05) is 6.54 Å². The first-order chi connectivity index (χ1) is 9.36. The molecule has 1 aliphatic rings. The summed E-state index contributed by atoms with van der Waals surface area (Å²) in [7, 11) is -3.43. The van der Waals surface area contributed by atoms with E-state index in [1.165, 1.54) is 12.8 Å². The van der Waals surface area contributed by atoms with Crippen molar-refractivity contribution >= 4 is 10.0 Å². The average Bonchev–Trinajstić information content (AvgIpc) is 2.84. The van der Waals surface area contributed by atoms with Crippen molar-refractivity contribution in [2.45, 2.75) is 51.0 Å². The van der Waals surface area contributed by atoms with Crippen LogP contribution in [0.25, 0.3) is 0 Å². The van der Waals surface area contributed by atoms with Crippen LogP contribution < -0.4 is 10.5 Å². The van der Waals surface area contributed by atoms with Gasteiger partial charge in [0, 0.05) is 13.1 Å². The highest BCUT2D eigenvalue weighted by atomic mass is 32.2. The Labute approximate surface area is 121 Å². The van der Waals surface area contributed by atoms with Crippen LogP contribution in [0.3, 0.4) is 0 Å². The van der Waals surface area contributed by atoms with Crippen LogP contribution in [-0.2, 0) is 16.6 Å². The first-order valence-corrected chi connectivity index (χ1v) is 8.64. The van der Waals surface area contributed by atoms with Gasteiger partial charge in [-0.3, -0.25) is 0 Å². The summed E-state index contributed by atoms with van der Waals surface area (Å²) in [5.41, 5.74) is 7.38. The van der Waals surface area contributed by atoms with E-state index in [4.69, 9.17) is 5.73 Å². The summed E-state index contributed by atoms with van der Waals surface area (Å²) >= 11 is 0. The lowest BCUT2D eigenvalue weighted by atomic mass is 9.89. The summed E-state index contributed by atoms with van der Waals surface area (Å²) in [6.07, 6.45) is 4.59. The van der Waals surface area contributed by atoms with E-state index >= 15 is 0 Å². The lowest BCUT2D eigenvalue weighted by Gasteiger charge is -2.24. The van der Waals surface area contributed by atoms with Crippen molar-refractivity contribution in [2.24, 2.45) is 11.1 Å². The first-order valence-electron chi connectivity index (χ1n) is 7.16. The molecule has 0 spiro atoms. The molecule has 0 aromatic heterocycles. The molecule has 1 fully saturated rings. The highest BCUT2D eigenvalue weighted by Crippen LogP contribution is 2.37. The monoisotopic (exact) mass is 296 g/mol. The fourth-order valence-electron chi connectivity index (χ4n) is 2.89. The lowest BCUT2D eigenvalue weighted by Crippen LogP contribution is -2.34. The van der Waals surface area contributed by atoms with E-state index in [1.807, 2.05) is 13.0 Å². The van der Waals surface area contributed by atoms with Gasteiger partial charge < -0.3 is 5.73 Å². The molecule has 1 aromatic rings. The number of nitrogens with two attached hydrogens (primary N) is 1. The zero-order chi connectivity index (χ0) is 14.8. The molecule has 20 heavy (non-hydrogen) atoms. The molecular formula is C15H24N2O2S. The highest BCUT2D eigenvalue weighted by Gasteiger charge is 2.30. The van der Waals surface area contributed by atoms with Crippen molar-refractivity contribution in [3.63, 3.8) is 0 Å². The van der Waals surface area contributed by atoms with Gasteiger partial charge in [0.05, 0.1) is 4.90 Å². The third-order valence-corrected chi connectivity index (χ3v) is 5.83. The van der Waals surface area contributed by atoms with E-state index in [0.29, 0.717) is 18.0 Å². The normalized spacial score (nSPS) is 18.4. The maximum absolute atomic E-state index is 12.4. The van der Waals surface area contributed by atoms with Gasteiger partial charge in [-0.2, -0.15) is 0 Å². The number of hydrogen-bond donors (Lipinski definition) is 2. The molecule has 1 saturated carbocycles. The third-order valence-electron chi connectivity index (χ3n) is 4.26. The van der Waals surface area contributed by atoms with Crippen LogP contribution >= 0.6 is 0 Å². The molecule has 3 N–H and O–H groups in total. The van der Waals surface area contributed by atoms with Crippen LogP contribution in [0.15, 0.2) is 23.1 Å². The van der Waals surface area contributed by atoms with E-state index in [2.05, 4.69) is 11.6 Å². The Kier molecular flexibility index (Phi) is 4.52. The maximum atomic E-state index is 12.4. The second kappa shape index (κ2) is 5.84. The van der Waals surface area contributed by atoms with E-state index in [0.717, 1.165) is 24.0 Å². The maximum Gasteiger partial charge on any atom is 0.240 e. The van der Waals surface area contributed by atoms with Crippen molar-refractivity contribution < 1.29 is 8.42 Å². The van der Waals surface area contributed by atoms with E-state index in [9.17, 15) is 8.42 Å². The molecule has 0 bridgehead atoms. The quantitative estimate of drug-likeness (QED) is 0.876. The number of nitrogens with one attached hydrogen (secondary N) is 1. The fourth-order valence-corrected chi connectivity index (χ4v) is 4.32. The van der Waals surface area contributed by atoms with Gasteiger partial charge in [-0.1, -0.05) is 31.9 Å². The average molecular weight is 296 g/mol. The Morgan fingerprint density at radius 2 is 1.95 bits per heavy atom. The first kappa shape index (κ1) is 15.5. The van der Waals surface area contributed by atoms with Gasteiger partial charge in [-0.15, -0.1) is 0 Å². The number of aryl methyl sites for hydroxylation is 1. The van der Waals surface area contributed by atoms with Crippen molar-refractivity contribution in [1.29, 1.82) is 0 Å². The summed E-state index contributed by atoms with van der Waals surface area (Å²) < 4.78 is 27.6. The predicted octanol–water partition coefficient (Wildman–Crippen LogP) is 2.31. The SMILES string of the molecule is Cc1cc(CN)ccc1S(=O)(=O)NCC1(C)CCCC1. The molecular weight excluding hydrogens is 272 g/mol. The molecule has 0 radical (unpaired) electrons. The minimum absolute atomic E-state index is 0.109. The van der Waals surface area contributed by atoms with Crippen LogP contribution in [0.1, 0.15) is 43.7 Å². The Bertz CT molecular complexity index is 576. The molecule has 5 heteroatoms. The van der Waals surface area contributed by atoms with Crippen molar-refractivity contribution in [3.8, 4) is 0 Å². The topological polar surface area (TPSA) is 72.2 Å². The third kappa shape index (κ3) is 3.40. The Hall–Kier alpha value is -0.910. The zero-order valence-corrected chi connectivity index (χ0v) is 13.1. The Morgan fingerprint density at radius 1 is 1.30 bits per heavy atom. The molecule has 1 aliphatic carbocycles. The van der Waals surface area contributed by atoms with Crippen LogP contribution in [0.4, 0.5) is 0 Å². The van der Waals surface area contributed by atoms with E-state index in [1.54, 1.807) is 12.1 Å². The van der Waals surface area contributed by atoms with Gasteiger partial charge in [0.25, 0.3) is 0 Å². The molecule has 0 aliphatic heterocycles. The molecule has 0 atom stereocenters. The van der Waals surface area contributed by atoms with E-state index in [-0.39, 0.29) is 5.41 Å². The van der Waals surface area contributed by atoms with Gasteiger partial charge in [0.15, 0.2) is 0 Å². The molecule has 4 nitrogen and oxygen atoms in total. The van der Waals surface area contributed by atoms with Crippen molar-refractivity contribution in [3.05, 3.63) is 29.3 Å². The number of rotatable bonds is 5. The number of hydrogen-bond acceptors (Lipinski definition) is 3. The number of benzene rings is 1.